The number of fused-ring (bicyclic) bond motifs is 2. The third kappa shape index (κ3) is 4.68. The molecule has 6 rings (SSSR count). The molecule has 42 heavy (non-hydrogen) atoms. The molecule has 0 N–H and O–H groups in total. The van der Waals surface area contributed by atoms with E-state index in [1.54, 1.807) is 40.6 Å². The second-order valence-electron chi connectivity index (χ2n) is 11.5. The predicted molar refractivity (Wildman–Crippen MR) is 154 cm³/mol. The number of nitrogens with zero attached hydrogens (tertiary/aromatic N) is 7. The van der Waals surface area contributed by atoms with Crippen LogP contribution in [0.15, 0.2) is 65.7 Å². The second-order valence-corrected chi connectivity index (χ2v) is 13.3. The van der Waals surface area contributed by atoms with E-state index in [4.69, 9.17) is 0 Å². The maximum atomic E-state index is 14.5. The van der Waals surface area contributed by atoms with E-state index < -0.39 is 27.4 Å². The fourth-order valence-electron chi connectivity index (χ4n) is 6.45. The molecule has 12 heteroatoms. The fourth-order valence-corrected chi connectivity index (χ4v) is 8.29. The van der Waals surface area contributed by atoms with E-state index in [-0.39, 0.29) is 16.7 Å². The van der Waals surface area contributed by atoms with Gasteiger partial charge in [0.2, 0.25) is 16.0 Å². The predicted octanol–water partition coefficient (Wildman–Crippen LogP) is 4.30. The molecule has 4 aromatic rings. The summed E-state index contributed by atoms with van der Waals surface area (Å²) in [7, 11) is -2.21. The van der Waals surface area contributed by atoms with Crippen molar-refractivity contribution in [2.45, 2.75) is 63.4 Å². The molecule has 218 valence electrons. The molecule has 0 unspecified atom stereocenters. The highest BCUT2D eigenvalue weighted by atomic mass is 32.2. The number of hydrogen-bond acceptors (Lipinski definition) is 7. The van der Waals surface area contributed by atoms with Crippen LogP contribution in [-0.2, 0) is 23.5 Å². The lowest BCUT2D eigenvalue weighted by Gasteiger charge is -2.47. The normalized spacial score (nSPS) is 20.4. The zero-order valence-electron chi connectivity index (χ0n) is 23.9. The number of carbonyl (C=O) groups is 1. The number of hydrogen-bond donors (Lipinski definition) is 0. The van der Waals surface area contributed by atoms with Crippen LogP contribution in [0.3, 0.4) is 0 Å². The van der Waals surface area contributed by atoms with Gasteiger partial charge in [0, 0.05) is 31.5 Å². The number of rotatable bonds is 7. The number of Topliss-reactive ketones (excluding diaryl/α,β-unsaturated/α-hetero) is 1. The molecule has 10 nitrogen and oxygen atoms in total. The molecule has 2 atom stereocenters. The van der Waals surface area contributed by atoms with Crippen LogP contribution >= 0.6 is 0 Å². The van der Waals surface area contributed by atoms with Gasteiger partial charge in [0.25, 0.3) is 0 Å². The Morgan fingerprint density at radius 2 is 1.95 bits per heavy atom. The molecular formula is C30H32FN7O3S. The summed E-state index contributed by atoms with van der Waals surface area (Å²) < 4.78 is 46.1. The number of ketones is 1. The summed E-state index contributed by atoms with van der Waals surface area (Å²) in [5.41, 5.74) is 3.43. The van der Waals surface area contributed by atoms with Crippen LogP contribution in [0, 0.1) is 18.3 Å². The van der Waals surface area contributed by atoms with Gasteiger partial charge in [0.1, 0.15) is 10.6 Å². The molecule has 2 aliphatic carbocycles. The smallest absolute Gasteiger partial charge is 0.246 e. The van der Waals surface area contributed by atoms with Gasteiger partial charge in [-0.3, -0.25) is 14.5 Å². The summed E-state index contributed by atoms with van der Waals surface area (Å²) in [5.74, 6) is -0.714. The second kappa shape index (κ2) is 10.4. The first-order chi connectivity index (χ1) is 20.0. The van der Waals surface area contributed by atoms with Crippen molar-refractivity contribution >= 4 is 21.9 Å². The van der Waals surface area contributed by atoms with Gasteiger partial charge in [0.05, 0.1) is 35.4 Å². The quantitative estimate of drug-likeness (QED) is 0.233. The van der Waals surface area contributed by atoms with Gasteiger partial charge in [-0.2, -0.15) is 18.9 Å². The number of carbonyl (C=O) groups excluding carboxylic acids is 1. The van der Waals surface area contributed by atoms with Crippen molar-refractivity contribution < 1.29 is 17.6 Å². The molecular weight excluding hydrogens is 557 g/mol. The number of aryl methyl sites for hydroxylation is 2. The summed E-state index contributed by atoms with van der Waals surface area (Å²) >= 11 is 0. The van der Waals surface area contributed by atoms with Gasteiger partial charge in [-0.1, -0.05) is 5.57 Å². The third-order valence-corrected chi connectivity index (χ3v) is 10.4. The van der Waals surface area contributed by atoms with Crippen LogP contribution in [-0.4, -0.2) is 60.1 Å². The molecule has 1 fully saturated rings. The van der Waals surface area contributed by atoms with Crippen LogP contribution in [0.2, 0.25) is 0 Å². The maximum Gasteiger partial charge on any atom is 0.246 e. The van der Waals surface area contributed by atoms with Crippen molar-refractivity contribution in [3.8, 4) is 5.69 Å². The first-order valence-corrected chi connectivity index (χ1v) is 15.3. The van der Waals surface area contributed by atoms with Gasteiger partial charge in [-0.25, -0.2) is 18.1 Å². The first-order valence-electron chi connectivity index (χ1n) is 13.9. The molecule has 0 aromatic carbocycles. The fraction of sp³-hybridized carbons (Fsp3) is 0.367. The van der Waals surface area contributed by atoms with Crippen molar-refractivity contribution in [3.05, 3.63) is 89.3 Å². The minimum Gasteiger partial charge on any atom is -0.291 e. The Balaban J connectivity index is 1.46. The zero-order valence-corrected chi connectivity index (χ0v) is 24.7. The molecule has 4 aromatic heterocycles. The molecule has 2 aliphatic rings. The molecule has 0 bridgehead atoms. The van der Waals surface area contributed by atoms with Crippen LogP contribution in [0.1, 0.15) is 60.4 Å². The summed E-state index contributed by atoms with van der Waals surface area (Å²) in [6, 6.07) is 5.74. The first kappa shape index (κ1) is 28.1. The molecule has 0 amide bonds. The highest BCUT2D eigenvalue weighted by Gasteiger charge is 2.52. The Labute approximate surface area is 244 Å². The topological polar surface area (TPSA) is 116 Å². The molecule has 0 spiro atoms. The summed E-state index contributed by atoms with van der Waals surface area (Å²) in [6.45, 7) is 5.63. The molecule has 4 heterocycles. The molecule has 0 radical (unpaired) electrons. The van der Waals surface area contributed by atoms with Gasteiger partial charge in [0.15, 0.2) is 5.78 Å². The SMILES string of the molecule is Cc1ccnc(C(=O)[C@]23Cc4cnn(-c5ccc(F)nc5)c4C=C2CC[C@H](N(C(C)C)S(=O)(=O)c2cnn(C)c2)C3)c1. The summed E-state index contributed by atoms with van der Waals surface area (Å²) in [5, 5.41) is 8.65. The lowest BCUT2D eigenvalue weighted by atomic mass is 9.60. The molecule has 0 saturated heterocycles. The van der Waals surface area contributed by atoms with Gasteiger partial charge in [-0.15, -0.1) is 0 Å². The number of sulfonamides is 1. The third-order valence-electron chi connectivity index (χ3n) is 8.30. The number of pyridine rings is 2. The average molecular weight is 590 g/mol. The Kier molecular flexibility index (Phi) is 6.93. The van der Waals surface area contributed by atoms with E-state index in [2.05, 4.69) is 20.2 Å². The highest BCUT2D eigenvalue weighted by Crippen LogP contribution is 2.51. The van der Waals surface area contributed by atoms with Gasteiger partial charge in [-0.05, 0) is 87.9 Å². The van der Waals surface area contributed by atoms with Crippen molar-refractivity contribution in [2.24, 2.45) is 12.5 Å². The Hall–Kier alpha value is -4.03. The summed E-state index contributed by atoms with van der Waals surface area (Å²) in [4.78, 5) is 22.9. The average Bonchev–Trinajstić information content (AvgIpc) is 3.57. The van der Waals surface area contributed by atoms with E-state index in [9.17, 15) is 17.6 Å². The monoisotopic (exact) mass is 589 g/mol. The maximum absolute atomic E-state index is 14.5. The van der Waals surface area contributed by atoms with Gasteiger partial charge >= 0.3 is 0 Å². The summed E-state index contributed by atoms with van der Waals surface area (Å²) in [6.07, 6.45) is 11.3. The Morgan fingerprint density at radius 1 is 1.14 bits per heavy atom. The Morgan fingerprint density at radius 3 is 2.62 bits per heavy atom. The van der Waals surface area contributed by atoms with Crippen LogP contribution < -0.4 is 0 Å². The van der Waals surface area contributed by atoms with Crippen LogP contribution in [0.4, 0.5) is 4.39 Å². The van der Waals surface area contributed by atoms with E-state index in [0.717, 1.165) is 22.4 Å². The van der Waals surface area contributed by atoms with Crippen LogP contribution in [0.5, 0.6) is 0 Å². The highest BCUT2D eigenvalue weighted by molar-refractivity contribution is 7.89. The minimum absolute atomic E-state index is 0.126. The lowest BCUT2D eigenvalue weighted by Crippen LogP contribution is -2.52. The van der Waals surface area contributed by atoms with Gasteiger partial charge < -0.3 is 0 Å². The van der Waals surface area contributed by atoms with Crippen molar-refractivity contribution in [2.75, 3.05) is 0 Å². The zero-order chi connectivity index (χ0) is 29.8. The van der Waals surface area contributed by atoms with Crippen molar-refractivity contribution in [1.29, 1.82) is 0 Å². The van der Waals surface area contributed by atoms with E-state index in [1.807, 2.05) is 32.9 Å². The number of allylic oxidation sites excluding steroid dienone is 1. The number of halogens is 1. The lowest BCUT2D eigenvalue weighted by molar-refractivity contribution is 0.0722. The van der Waals surface area contributed by atoms with E-state index in [1.165, 1.54) is 29.3 Å². The molecule has 1 saturated carbocycles. The Bertz CT molecular complexity index is 1810. The standard InChI is InChI=1S/C30H32FN7O3S/c1-19(2)38(42(40,41)25-17-34-36(4)18-25)23-6-5-22-12-27-21(15-35-37(27)24-7-8-28(31)33-16-24)13-30(22,14-23)29(39)26-11-20(3)9-10-32-26/h7-12,15-19,23H,5-6,13-14H2,1-4H3/t23-,30-/m0/s1. The molecule has 0 aliphatic heterocycles. The van der Waals surface area contributed by atoms with Crippen molar-refractivity contribution in [3.63, 3.8) is 0 Å². The minimum atomic E-state index is -3.89. The largest absolute Gasteiger partial charge is 0.291 e. The van der Waals surface area contributed by atoms with E-state index in [0.29, 0.717) is 37.1 Å². The van der Waals surface area contributed by atoms with E-state index >= 15 is 0 Å². The number of aromatic nitrogens is 6. The van der Waals surface area contributed by atoms with Crippen molar-refractivity contribution in [1.82, 2.24) is 33.8 Å². The van der Waals surface area contributed by atoms with Crippen LogP contribution in [0.25, 0.3) is 11.8 Å².